The summed E-state index contributed by atoms with van der Waals surface area (Å²) in [6.07, 6.45) is -0.142. The molecule has 1 fully saturated rings. The number of amides is 1. The Kier molecular flexibility index (Phi) is 4.94. The summed E-state index contributed by atoms with van der Waals surface area (Å²) in [4.78, 5) is 14.1. The molecule has 0 radical (unpaired) electrons. The first kappa shape index (κ1) is 15.5. The maximum atomic E-state index is 13.9. The highest BCUT2D eigenvalue weighted by Gasteiger charge is 2.28. The van der Waals surface area contributed by atoms with Gasteiger partial charge >= 0.3 is 0 Å². The third-order valence-electron chi connectivity index (χ3n) is 3.22. The van der Waals surface area contributed by atoms with Gasteiger partial charge in [0.05, 0.1) is 17.8 Å². The summed E-state index contributed by atoms with van der Waals surface area (Å²) in [6.45, 7) is 4.37. The Morgan fingerprint density at radius 3 is 2.71 bits per heavy atom. The van der Waals surface area contributed by atoms with Gasteiger partial charge in [0.25, 0.3) is 5.91 Å². The van der Waals surface area contributed by atoms with Gasteiger partial charge in [-0.2, -0.15) is 0 Å². The van der Waals surface area contributed by atoms with Crippen molar-refractivity contribution in [1.29, 1.82) is 0 Å². The lowest BCUT2D eigenvalue weighted by Gasteiger charge is -2.35. The van der Waals surface area contributed by atoms with E-state index in [1.807, 2.05) is 13.8 Å². The Hall–Kier alpha value is -1.90. The summed E-state index contributed by atoms with van der Waals surface area (Å²) in [7, 11) is 0. The normalized spacial score (nSPS) is 21.6. The third kappa shape index (κ3) is 3.81. The van der Waals surface area contributed by atoms with Gasteiger partial charge in [0, 0.05) is 18.7 Å². The Morgan fingerprint density at radius 2 is 2.10 bits per heavy atom. The van der Waals surface area contributed by atoms with Crippen molar-refractivity contribution < 1.29 is 19.0 Å². The van der Waals surface area contributed by atoms with Crippen molar-refractivity contribution in [3.05, 3.63) is 35.1 Å². The molecule has 4 nitrogen and oxygen atoms in total. The molecular weight excluding hydrogens is 273 g/mol. The summed E-state index contributed by atoms with van der Waals surface area (Å²) in [5.74, 6) is 4.23. The minimum atomic E-state index is -0.568. The predicted molar refractivity (Wildman–Crippen MR) is 76.3 cm³/mol. The number of hydrogen-bond acceptors (Lipinski definition) is 3. The van der Waals surface area contributed by atoms with Crippen LogP contribution in [-0.4, -0.2) is 47.8 Å². The molecule has 0 saturated carbocycles. The molecule has 0 spiro atoms. The van der Waals surface area contributed by atoms with Crippen LogP contribution < -0.4 is 0 Å². The van der Waals surface area contributed by atoms with Crippen LogP contribution in [-0.2, 0) is 4.74 Å². The van der Waals surface area contributed by atoms with Gasteiger partial charge < -0.3 is 14.7 Å². The minimum absolute atomic E-state index is 0.000963. The summed E-state index contributed by atoms with van der Waals surface area (Å²) in [5, 5.41) is 8.69. The molecule has 112 valence electrons. The number of nitrogens with zero attached hydrogens (tertiary/aromatic N) is 1. The number of ether oxygens (including phenoxy) is 1. The van der Waals surface area contributed by atoms with Crippen LogP contribution in [0.3, 0.4) is 0 Å². The fourth-order valence-electron chi connectivity index (χ4n) is 2.42. The molecule has 0 aromatic heterocycles. The lowest BCUT2D eigenvalue weighted by atomic mass is 10.1. The monoisotopic (exact) mass is 291 g/mol. The Morgan fingerprint density at radius 1 is 1.43 bits per heavy atom. The fourth-order valence-corrected chi connectivity index (χ4v) is 2.42. The van der Waals surface area contributed by atoms with E-state index in [9.17, 15) is 9.18 Å². The van der Waals surface area contributed by atoms with E-state index in [1.54, 1.807) is 4.90 Å². The zero-order valence-electron chi connectivity index (χ0n) is 12.1. The summed E-state index contributed by atoms with van der Waals surface area (Å²) >= 11 is 0. The van der Waals surface area contributed by atoms with Crippen molar-refractivity contribution in [2.45, 2.75) is 26.1 Å². The van der Waals surface area contributed by atoms with E-state index in [0.29, 0.717) is 18.7 Å². The van der Waals surface area contributed by atoms with E-state index in [2.05, 4.69) is 11.8 Å². The number of rotatable bonds is 1. The number of morpholine rings is 1. The van der Waals surface area contributed by atoms with Gasteiger partial charge in [-0.15, -0.1) is 0 Å². The Bertz CT molecular complexity index is 581. The zero-order valence-corrected chi connectivity index (χ0v) is 12.1. The van der Waals surface area contributed by atoms with Crippen molar-refractivity contribution in [2.75, 3.05) is 19.7 Å². The van der Waals surface area contributed by atoms with Crippen molar-refractivity contribution in [3.8, 4) is 11.8 Å². The van der Waals surface area contributed by atoms with Crippen LogP contribution >= 0.6 is 0 Å². The standard InChI is InChI=1S/C16H18FNO3/c1-11-9-18(10-12(2)21-11)16(20)14-8-13(4-3-7-19)5-6-15(14)17/h5-6,8,11-12,19H,7,9-10H2,1-2H3/t11-,12+. The van der Waals surface area contributed by atoms with Gasteiger partial charge in [-0.05, 0) is 32.0 Å². The molecule has 1 saturated heterocycles. The van der Waals surface area contributed by atoms with Gasteiger partial charge in [-0.3, -0.25) is 4.79 Å². The highest BCUT2D eigenvalue weighted by atomic mass is 19.1. The topological polar surface area (TPSA) is 49.8 Å². The summed E-state index contributed by atoms with van der Waals surface area (Å²) < 4.78 is 19.5. The van der Waals surface area contributed by atoms with Crippen LogP contribution in [0.4, 0.5) is 4.39 Å². The van der Waals surface area contributed by atoms with Crippen LogP contribution in [0.2, 0.25) is 0 Å². The van der Waals surface area contributed by atoms with Crippen LogP contribution in [0.1, 0.15) is 29.8 Å². The van der Waals surface area contributed by atoms with Crippen LogP contribution in [0.5, 0.6) is 0 Å². The third-order valence-corrected chi connectivity index (χ3v) is 3.22. The zero-order chi connectivity index (χ0) is 15.4. The second-order valence-corrected chi connectivity index (χ2v) is 5.12. The van der Waals surface area contributed by atoms with Crippen LogP contribution in [0.25, 0.3) is 0 Å². The van der Waals surface area contributed by atoms with Crippen LogP contribution in [0, 0.1) is 17.7 Å². The fraction of sp³-hybridized carbons (Fsp3) is 0.438. The summed E-state index contributed by atoms with van der Waals surface area (Å²) in [5.41, 5.74) is 0.504. The lowest BCUT2D eigenvalue weighted by molar-refractivity contribution is -0.0587. The highest BCUT2D eigenvalue weighted by molar-refractivity contribution is 5.95. The van der Waals surface area contributed by atoms with E-state index in [0.717, 1.165) is 0 Å². The van der Waals surface area contributed by atoms with E-state index in [4.69, 9.17) is 9.84 Å². The molecule has 1 aliphatic rings. The van der Waals surface area contributed by atoms with E-state index < -0.39 is 5.82 Å². The van der Waals surface area contributed by atoms with E-state index >= 15 is 0 Å². The molecule has 5 heteroatoms. The molecule has 0 bridgehead atoms. The molecule has 1 amide bonds. The van der Waals surface area contributed by atoms with Gasteiger partial charge in [-0.1, -0.05) is 11.8 Å². The average molecular weight is 291 g/mol. The number of carbonyl (C=O) groups excluding carboxylic acids is 1. The molecule has 1 aromatic rings. The number of halogens is 1. The maximum absolute atomic E-state index is 13.9. The molecular formula is C16H18FNO3. The Balaban J connectivity index is 2.25. The van der Waals surface area contributed by atoms with Crippen molar-refractivity contribution in [1.82, 2.24) is 4.90 Å². The van der Waals surface area contributed by atoms with Crippen LogP contribution in [0.15, 0.2) is 18.2 Å². The molecule has 0 aliphatic carbocycles. The quantitative estimate of drug-likeness (QED) is 0.796. The van der Waals surface area contributed by atoms with Crippen molar-refractivity contribution in [2.24, 2.45) is 0 Å². The lowest BCUT2D eigenvalue weighted by Crippen LogP contribution is -2.48. The highest BCUT2D eigenvalue weighted by Crippen LogP contribution is 2.17. The van der Waals surface area contributed by atoms with Gasteiger partial charge in [0.15, 0.2) is 0 Å². The number of aliphatic hydroxyl groups excluding tert-OH is 1. The molecule has 1 heterocycles. The Labute approximate surface area is 123 Å². The van der Waals surface area contributed by atoms with Crippen molar-refractivity contribution in [3.63, 3.8) is 0 Å². The number of hydrogen-bond donors (Lipinski definition) is 1. The molecule has 2 atom stereocenters. The van der Waals surface area contributed by atoms with E-state index in [-0.39, 0.29) is 30.3 Å². The molecule has 1 aromatic carbocycles. The van der Waals surface area contributed by atoms with E-state index in [1.165, 1.54) is 18.2 Å². The molecule has 1 aliphatic heterocycles. The maximum Gasteiger partial charge on any atom is 0.257 e. The predicted octanol–water partition coefficient (Wildman–Crippen LogP) is 1.42. The molecule has 2 rings (SSSR count). The first-order valence-electron chi connectivity index (χ1n) is 6.85. The molecule has 1 N–H and O–H groups in total. The number of benzene rings is 1. The van der Waals surface area contributed by atoms with Crippen molar-refractivity contribution >= 4 is 5.91 Å². The minimum Gasteiger partial charge on any atom is -0.384 e. The van der Waals surface area contributed by atoms with Gasteiger partial charge in [0.1, 0.15) is 12.4 Å². The average Bonchev–Trinajstić information content (AvgIpc) is 2.44. The molecule has 21 heavy (non-hydrogen) atoms. The molecule has 0 unspecified atom stereocenters. The van der Waals surface area contributed by atoms with Gasteiger partial charge in [-0.25, -0.2) is 4.39 Å². The second kappa shape index (κ2) is 6.70. The first-order valence-corrected chi connectivity index (χ1v) is 6.85. The second-order valence-electron chi connectivity index (χ2n) is 5.12. The number of aliphatic hydroxyl groups is 1. The summed E-state index contributed by atoms with van der Waals surface area (Å²) in [6, 6.07) is 4.13. The SMILES string of the molecule is C[C@@H]1CN(C(=O)c2cc(C#CCO)ccc2F)C[C@H](C)O1. The largest absolute Gasteiger partial charge is 0.384 e. The van der Waals surface area contributed by atoms with Gasteiger partial charge in [0.2, 0.25) is 0 Å². The first-order chi connectivity index (χ1) is 10.0. The smallest absolute Gasteiger partial charge is 0.257 e. The number of carbonyl (C=O) groups is 1.